The number of hydrogen-bond acceptors (Lipinski definition) is 2. The third-order valence-electron chi connectivity index (χ3n) is 5.25. The van der Waals surface area contributed by atoms with Gasteiger partial charge in [0.1, 0.15) is 0 Å². The van der Waals surface area contributed by atoms with Crippen molar-refractivity contribution in [2.24, 2.45) is 11.8 Å². The van der Waals surface area contributed by atoms with Crippen LogP contribution in [0.1, 0.15) is 18.5 Å². The van der Waals surface area contributed by atoms with Crippen LogP contribution in [0.4, 0.5) is 10.5 Å². The molecule has 1 aliphatic heterocycles. The Labute approximate surface area is 146 Å². The molecule has 2 atom stereocenters. The number of aromatic amines is 1. The first-order chi connectivity index (χ1) is 12.1. The molecule has 2 N–H and O–H groups in total. The lowest BCUT2D eigenvalue weighted by Crippen LogP contribution is -2.33. The number of carbonyl (C=O) groups excluding carboxylic acids is 1. The van der Waals surface area contributed by atoms with E-state index >= 15 is 0 Å². The van der Waals surface area contributed by atoms with Crippen molar-refractivity contribution in [2.45, 2.75) is 19.8 Å². The molecule has 0 radical (unpaired) electrons. The minimum atomic E-state index is -0.211. The maximum absolute atomic E-state index is 12.7. The van der Waals surface area contributed by atoms with Crippen LogP contribution in [0.3, 0.4) is 0 Å². The maximum atomic E-state index is 12.7. The largest absolute Gasteiger partial charge is 0.330 e. The van der Waals surface area contributed by atoms with Crippen molar-refractivity contribution < 1.29 is 4.79 Å². The molecule has 1 aliphatic carbocycles. The summed E-state index contributed by atoms with van der Waals surface area (Å²) in [5, 5.41) is 3.00. The lowest BCUT2D eigenvalue weighted by atomic mass is 9.86. The van der Waals surface area contributed by atoms with Crippen LogP contribution in [-0.4, -0.2) is 33.6 Å². The van der Waals surface area contributed by atoms with Gasteiger partial charge in [0.25, 0.3) is 0 Å². The summed E-state index contributed by atoms with van der Waals surface area (Å²) < 4.78 is 1.57. The van der Waals surface area contributed by atoms with Crippen LogP contribution in [0.15, 0.2) is 47.4 Å². The highest BCUT2D eigenvalue weighted by Crippen LogP contribution is 2.33. The third-order valence-corrected chi connectivity index (χ3v) is 5.25. The van der Waals surface area contributed by atoms with Gasteiger partial charge in [0, 0.05) is 25.0 Å². The number of aromatic nitrogens is 2. The van der Waals surface area contributed by atoms with Crippen LogP contribution in [0, 0.1) is 18.8 Å². The molecule has 1 saturated heterocycles. The topological polar surface area (TPSA) is 70.1 Å². The predicted octanol–water partition coefficient (Wildman–Crippen LogP) is 2.90. The molecule has 0 bridgehead atoms. The molecular formula is C19H22N4O2. The summed E-state index contributed by atoms with van der Waals surface area (Å²) in [6.45, 7) is 3.45. The van der Waals surface area contributed by atoms with E-state index in [1.165, 1.54) is 0 Å². The first-order valence-corrected chi connectivity index (χ1v) is 8.71. The number of imidazole rings is 1. The second-order valence-electron chi connectivity index (χ2n) is 6.89. The van der Waals surface area contributed by atoms with E-state index in [0.717, 1.165) is 31.6 Å². The van der Waals surface area contributed by atoms with E-state index in [2.05, 4.69) is 22.5 Å². The Morgan fingerprint density at radius 3 is 2.48 bits per heavy atom. The number of likely N-dealkylation sites (tertiary alicyclic amines) is 1. The number of H-pyrrole nitrogens is 1. The van der Waals surface area contributed by atoms with Gasteiger partial charge in [-0.3, -0.25) is 4.57 Å². The van der Waals surface area contributed by atoms with Gasteiger partial charge in [-0.1, -0.05) is 24.3 Å². The van der Waals surface area contributed by atoms with Crippen molar-refractivity contribution in [1.29, 1.82) is 0 Å². The fraction of sp³-hybridized carbons (Fsp3) is 0.368. The molecule has 2 aliphatic rings. The Morgan fingerprint density at radius 2 is 1.84 bits per heavy atom. The molecule has 2 aromatic rings. The van der Waals surface area contributed by atoms with Crippen molar-refractivity contribution in [3.63, 3.8) is 0 Å². The maximum Gasteiger partial charge on any atom is 0.330 e. The van der Waals surface area contributed by atoms with Crippen LogP contribution in [0.5, 0.6) is 0 Å². The minimum absolute atomic E-state index is 0.0944. The highest BCUT2D eigenvalue weighted by molar-refractivity contribution is 5.91. The van der Waals surface area contributed by atoms with Crippen LogP contribution in [0.2, 0.25) is 0 Å². The van der Waals surface area contributed by atoms with E-state index in [-0.39, 0.29) is 11.7 Å². The summed E-state index contributed by atoms with van der Waals surface area (Å²) in [6, 6.07) is 7.30. The number of urea groups is 1. The molecular weight excluding hydrogens is 316 g/mol. The summed E-state index contributed by atoms with van der Waals surface area (Å²) in [5.74, 6) is 1.14. The van der Waals surface area contributed by atoms with E-state index < -0.39 is 0 Å². The number of anilines is 1. The monoisotopic (exact) mass is 338 g/mol. The molecule has 0 spiro atoms. The molecule has 1 aromatic carbocycles. The van der Waals surface area contributed by atoms with Gasteiger partial charge in [-0.15, -0.1) is 0 Å². The molecule has 2 heterocycles. The van der Waals surface area contributed by atoms with Crippen LogP contribution >= 0.6 is 0 Å². The Morgan fingerprint density at radius 1 is 1.16 bits per heavy atom. The molecule has 0 unspecified atom stereocenters. The number of allylic oxidation sites excluding steroid dienone is 2. The number of benzene rings is 1. The zero-order chi connectivity index (χ0) is 17.4. The van der Waals surface area contributed by atoms with Crippen molar-refractivity contribution in [2.75, 3.05) is 18.4 Å². The Balaban J connectivity index is 1.56. The normalized spacial score (nSPS) is 22.0. The lowest BCUT2D eigenvalue weighted by molar-refractivity contribution is 0.220. The molecule has 130 valence electrons. The van der Waals surface area contributed by atoms with E-state index in [4.69, 9.17) is 0 Å². The van der Waals surface area contributed by atoms with E-state index in [1.54, 1.807) is 10.8 Å². The van der Waals surface area contributed by atoms with Gasteiger partial charge in [-0.25, -0.2) is 9.59 Å². The summed E-state index contributed by atoms with van der Waals surface area (Å²) in [5.41, 5.74) is 1.91. The van der Waals surface area contributed by atoms with Gasteiger partial charge in [0.05, 0.1) is 11.4 Å². The average molecular weight is 338 g/mol. The van der Waals surface area contributed by atoms with Crippen molar-refractivity contribution >= 4 is 11.7 Å². The number of rotatable bonds is 2. The van der Waals surface area contributed by atoms with E-state index in [9.17, 15) is 9.59 Å². The van der Waals surface area contributed by atoms with Crippen LogP contribution in [0.25, 0.3) is 5.69 Å². The zero-order valence-electron chi connectivity index (χ0n) is 14.2. The molecule has 25 heavy (non-hydrogen) atoms. The van der Waals surface area contributed by atoms with Gasteiger partial charge >= 0.3 is 11.7 Å². The molecule has 1 aromatic heterocycles. The predicted molar refractivity (Wildman–Crippen MR) is 97.1 cm³/mol. The quantitative estimate of drug-likeness (QED) is 0.827. The number of nitrogens with zero attached hydrogens (tertiary/aromatic N) is 2. The Kier molecular flexibility index (Phi) is 3.95. The number of carbonyl (C=O) groups is 1. The third kappa shape index (κ3) is 2.88. The second-order valence-corrected chi connectivity index (χ2v) is 6.89. The number of amides is 2. The van der Waals surface area contributed by atoms with Crippen molar-refractivity contribution in [3.05, 3.63) is 58.8 Å². The summed E-state index contributed by atoms with van der Waals surface area (Å²) in [4.78, 5) is 29.4. The van der Waals surface area contributed by atoms with Gasteiger partial charge in [-0.05, 0) is 43.7 Å². The SMILES string of the molecule is Cc1c[nH]c(=O)n1-c1ccccc1NC(=O)N1C[C@H]2CC=CC[C@@H]2C1. The molecule has 0 saturated carbocycles. The lowest BCUT2D eigenvalue weighted by Gasteiger charge is -2.19. The summed E-state index contributed by atoms with van der Waals surface area (Å²) >= 11 is 0. The number of nitrogens with one attached hydrogen (secondary N) is 2. The van der Waals surface area contributed by atoms with Crippen molar-refractivity contribution in [3.8, 4) is 5.69 Å². The average Bonchev–Trinajstić information content (AvgIpc) is 3.19. The van der Waals surface area contributed by atoms with Gasteiger partial charge in [0.2, 0.25) is 0 Å². The summed E-state index contributed by atoms with van der Waals surface area (Å²) in [6.07, 6.45) is 8.23. The fourth-order valence-electron chi connectivity index (χ4n) is 3.90. The summed E-state index contributed by atoms with van der Waals surface area (Å²) in [7, 11) is 0. The first kappa shape index (κ1) is 15.7. The smallest absolute Gasteiger partial charge is 0.324 e. The number of para-hydroxylation sites is 2. The first-order valence-electron chi connectivity index (χ1n) is 8.71. The molecule has 2 amide bonds. The molecule has 6 nitrogen and oxygen atoms in total. The molecule has 6 heteroatoms. The zero-order valence-corrected chi connectivity index (χ0v) is 14.2. The van der Waals surface area contributed by atoms with E-state index in [1.807, 2.05) is 36.1 Å². The standard InChI is InChI=1S/C19H22N4O2/c1-13-10-20-18(24)23(13)17-9-5-4-8-16(17)21-19(25)22-11-14-6-2-3-7-15(14)12-22/h2-5,8-10,14-15H,6-7,11-12H2,1H3,(H,20,24)(H,21,25)/t14-,15-/m1/s1. The van der Waals surface area contributed by atoms with E-state index in [0.29, 0.717) is 23.2 Å². The van der Waals surface area contributed by atoms with Gasteiger partial charge in [0.15, 0.2) is 0 Å². The molecule has 1 fully saturated rings. The Hall–Kier alpha value is -2.76. The fourth-order valence-corrected chi connectivity index (χ4v) is 3.90. The Bertz CT molecular complexity index is 864. The number of hydrogen-bond donors (Lipinski definition) is 2. The van der Waals surface area contributed by atoms with Gasteiger partial charge < -0.3 is 15.2 Å². The van der Waals surface area contributed by atoms with Crippen LogP contribution in [-0.2, 0) is 0 Å². The number of fused-ring (bicyclic) bond motifs is 1. The van der Waals surface area contributed by atoms with Crippen LogP contribution < -0.4 is 11.0 Å². The second kappa shape index (κ2) is 6.27. The highest BCUT2D eigenvalue weighted by atomic mass is 16.2. The molecule has 4 rings (SSSR count). The van der Waals surface area contributed by atoms with Gasteiger partial charge in [-0.2, -0.15) is 0 Å². The minimum Gasteiger partial charge on any atom is -0.324 e. The number of aryl methyl sites for hydroxylation is 1. The van der Waals surface area contributed by atoms with Crippen molar-refractivity contribution in [1.82, 2.24) is 14.5 Å². The highest BCUT2D eigenvalue weighted by Gasteiger charge is 2.35.